The molecule has 8 nitrogen and oxygen atoms in total. The van der Waals surface area contributed by atoms with Gasteiger partial charge in [-0.05, 0) is 43.5 Å². The zero-order valence-corrected chi connectivity index (χ0v) is 24.6. The smallest absolute Gasteiger partial charge is 0.338 e. The third-order valence-electron chi connectivity index (χ3n) is 8.14. The molecule has 0 N–H and O–H groups in total. The van der Waals surface area contributed by atoms with Gasteiger partial charge >= 0.3 is 5.97 Å². The van der Waals surface area contributed by atoms with Crippen molar-refractivity contribution in [2.24, 2.45) is 0 Å². The summed E-state index contributed by atoms with van der Waals surface area (Å²) in [6.07, 6.45) is 3.07. The summed E-state index contributed by atoms with van der Waals surface area (Å²) in [5.41, 5.74) is 2.73. The van der Waals surface area contributed by atoms with Gasteiger partial charge in [0.1, 0.15) is 17.0 Å². The Morgan fingerprint density at radius 1 is 1.20 bits per heavy atom. The van der Waals surface area contributed by atoms with E-state index in [1.54, 1.807) is 18.2 Å². The highest BCUT2D eigenvalue weighted by molar-refractivity contribution is 7.22. The molecule has 2 aromatic carbocycles. The molecule has 2 aliphatic heterocycles. The first-order valence-corrected chi connectivity index (χ1v) is 15.2. The van der Waals surface area contributed by atoms with Crippen LogP contribution >= 0.6 is 34.5 Å². The third kappa shape index (κ3) is 5.10. The van der Waals surface area contributed by atoms with Crippen molar-refractivity contribution in [2.75, 3.05) is 38.2 Å². The number of nitrogens with zero attached hydrogens (tertiary/aromatic N) is 4. The van der Waals surface area contributed by atoms with E-state index in [0.717, 1.165) is 61.9 Å². The van der Waals surface area contributed by atoms with Gasteiger partial charge in [-0.1, -0.05) is 45.8 Å². The van der Waals surface area contributed by atoms with Crippen LogP contribution in [0.25, 0.3) is 21.5 Å². The van der Waals surface area contributed by atoms with Gasteiger partial charge < -0.3 is 18.9 Å². The zero-order valence-electron chi connectivity index (χ0n) is 22.2. The first-order valence-electron chi connectivity index (χ1n) is 13.6. The summed E-state index contributed by atoms with van der Waals surface area (Å²) in [4.78, 5) is 21.2. The molecular formula is C29H27Cl2FN4O4S. The van der Waals surface area contributed by atoms with Gasteiger partial charge in [0.15, 0.2) is 10.9 Å². The van der Waals surface area contributed by atoms with Gasteiger partial charge in [-0.3, -0.25) is 4.90 Å². The molecule has 2 saturated heterocycles. The molecule has 0 radical (unpaired) electrons. The van der Waals surface area contributed by atoms with Crippen molar-refractivity contribution in [2.45, 2.75) is 43.9 Å². The molecule has 3 aliphatic rings. The van der Waals surface area contributed by atoms with Crippen LogP contribution in [0, 0.1) is 5.82 Å². The van der Waals surface area contributed by atoms with E-state index < -0.39 is 11.8 Å². The van der Waals surface area contributed by atoms with Gasteiger partial charge in [0.25, 0.3) is 0 Å². The highest BCUT2D eigenvalue weighted by Gasteiger charge is 2.39. The topological polar surface area (TPSA) is 80.9 Å². The molecule has 1 saturated carbocycles. The number of piperazine rings is 1. The molecule has 7 rings (SSSR count). The normalized spacial score (nSPS) is 21.0. The summed E-state index contributed by atoms with van der Waals surface area (Å²) in [5, 5.41) is 6.19. The van der Waals surface area contributed by atoms with Crippen LogP contribution in [-0.2, 0) is 16.1 Å². The van der Waals surface area contributed by atoms with Crippen molar-refractivity contribution in [1.82, 2.24) is 15.0 Å². The molecule has 214 valence electrons. The quantitative estimate of drug-likeness (QED) is 0.216. The molecule has 4 heterocycles. The number of aromatic nitrogens is 2. The summed E-state index contributed by atoms with van der Waals surface area (Å²) in [6.45, 7) is 3.62. The van der Waals surface area contributed by atoms with Gasteiger partial charge in [0.05, 0.1) is 40.1 Å². The molecule has 4 aromatic rings. The first-order chi connectivity index (χ1) is 19.9. The number of carbonyl (C=O) groups is 1. The zero-order chi connectivity index (χ0) is 28.2. The van der Waals surface area contributed by atoms with E-state index in [9.17, 15) is 9.18 Å². The molecule has 2 atom stereocenters. The summed E-state index contributed by atoms with van der Waals surface area (Å²) < 4.78 is 32.4. The Morgan fingerprint density at radius 3 is 2.76 bits per heavy atom. The lowest BCUT2D eigenvalue weighted by atomic mass is 10.0. The summed E-state index contributed by atoms with van der Waals surface area (Å²) in [7, 11) is 1.28. The van der Waals surface area contributed by atoms with Gasteiger partial charge in [-0.15, -0.1) is 0 Å². The number of methoxy groups -OCH3 is 1. The van der Waals surface area contributed by atoms with Crippen LogP contribution in [0.5, 0.6) is 0 Å². The molecule has 0 amide bonds. The lowest BCUT2D eigenvalue weighted by molar-refractivity contribution is 0.0463. The fourth-order valence-electron chi connectivity index (χ4n) is 5.89. The second-order valence-corrected chi connectivity index (χ2v) is 12.6. The largest absolute Gasteiger partial charge is 0.465 e. The lowest BCUT2D eigenvalue weighted by Gasteiger charge is -2.37. The van der Waals surface area contributed by atoms with E-state index in [4.69, 9.17) is 37.2 Å². The molecule has 2 aromatic heterocycles. The Bertz CT molecular complexity index is 1620. The Hall–Kier alpha value is -2.76. The number of rotatable bonds is 7. The molecular weight excluding hydrogens is 590 g/mol. The van der Waals surface area contributed by atoms with E-state index in [1.807, 2.05) is 6.07 Å². The Labute approximate surface area is 249 Å². The number of thiazole rings is 1. The first kappa shape index (κ1) is 27.1. The predicted molar refractivity (Wildman–Crippen MR) is 156 cm³/mol. The SMILES string of the molecule is COC(=O)c1cc(F)c2nc(N3CCN4C[C@@H](OCc5c(-c6c(Cl)cccc6Cl)noc5C5CC5)C[C@@H]4C3)sc2c1. The fraction of sp³-hybridized carbons (Fsp3) is 0.414. The van der Waals surface area contributed by atoms with Crippen LogP contribution in [0.4, 0.5) is 9.52 Å². The number of esters is 1. The number of ether oxygens (including phenoxy) is 2. The van der Waals surface area contributed by atoms with Crippen molar-refractivity contribution >= 4 is 55.9 Å². The van der Waals surface area contributed by atoms with E-state index >= 15 is 0 Å². The van der Waals surface area contributed by atoms with Crippen LogP contribution in [0.15, 0.2) is 34.9 Å². The summed E-state index contributed by atoms with van der Waals surface area (Å²) >= 11 is 14.4. The predicted octanol–water partition coefficient (Wildman–Crippen LogP) is 6.54. The minimum absolute atomic E-state index is 0.0481. The van der Waals surface area contributed by atoms with Crippen molar-refractivity contribution in [3.63, 3.8) is 0 Å². The summed E-state index contributed by atoms with van der Waals surface area (Å²) in [5.74, 6) is 0.150. The van der Waals surface area contributed by atoms with E-state index in [0.29, 0.717) is 44.6 Å². The number of hydrogen-bond acceptors (Lipinski definition) is 9. The van der Waals surface area contributed by atoms with E-state index in [1.165, 1.54) is 24.5 Å². The number of hydrogen-bond donors (Lipinski definition) is 0. The maximum absolute atomic E-state index is 14.7. The van der Waals surface area contributed by atoms with Crippen molar-refractivity contribution in [3.05, 3.63) is 63.1 Å². The lowest BCUT2D eigenvalue weighted by Crippen LogP contribution is -2.50. The maximum Gasteiger partial charge on any atom is 0.338 e. The molecule has 0 unspecified atom stereocenters. The Morgan fingerprint density at radius 2 is 2.00 bits per heavy atom. The number of fused-ring (bicyclic) bond motifs is 2. The molecule has 0 bridgehead atoms. The van der Waals surface area contributed by atoms with Crippen LogP contribution in [0.3, 0.4) is 0 Å². The van der Waals surface area contributed by atoms with Crippen molar-refractivity contribution in [3.8, 4) is 11.3 Å². The monoisotopic (exact) mass is 616 g/mol. The average Bonchev–Trinajstić information content (AvgIpc) is 3.37. The molecule has 1 aliphatic carbocycles. The number of halogens is 3. The van der Waals surface area contributed by atoms with E-state index in [-0.39, 0.29) is 17.2 Å². The number of anilines is 1. The van der Waals surface area contributed by atoms with Crippen LogP contribution in [0.1, 0.15) is 46.9 Å². The van der Waals surface area contributed by atoms with Crippen LogP contribution < -0.4 is 4.90 Å². The Balaban J connectivity index is 1.05. The second-order valence-electron chi connectivity index (χ2n) is 10.8. The second kappa shape index (κ2) is 10.8. The fourth-order valence-corrected chi connectivity index (χ4v) is 7.52. The minimum atomic E-state index is -0.566. The van der Waals surface area contributed by atoms with Crippen LogP contribution in [0.2, 0.25) is 10.0 Å². The molecule has 3 fully saturated rings. The van der Waals surface area contributed by atoms with Gasteiger partial charge in [-0.25, -0.2) is 14.2 Å². The number of carbonyl (C=O) groups excluding carboxylic acids is 1. The maximum atomic E-state index is 14.7. The highest BCUT2D eigenvalue weighted by atomic mass is 35.5. The minimum Gasteiger partial charge on any atom is -0.465 e. The van der Waals surface area contributed by atoms with Gasteiger partial charge in [0, 0.05) is 49.3 Å². The standard InChI is InChI=1S/C29H27Cl2FN4O4S/c1-38-28(37)16-9-22(32)26-23(10-16)41-29(33-26)36-8-7-35-13-18(11-17(35)12-36)39-14-19-25(34-40-27(19)15-5-6-15)24-20(30)3-2-4-21(24)31/h2-4,9-10,15,17-18H,5-8,11-14H2,1H3/t17-,18+/m1/s1. The highest BCUT2D eigenvalue weighted by Crippen LogP contribution is 2.46. The summed E-state index contributed by atoms with van der Waals surface area (Å²) in [6, 6.07) is 8.54. The van der Waals surface area contributed by atoms with Crippen LogP contribution in [-0.4, -0.2) is 66.4 Å². The average molecular weight is 618 g/mol. The van der Waals surface area contributed by atoms with Crippen molar-refractivity contribution in [1.29, 1.82) is 0 Å². The van der Waals surface area contributed by atoms with E-state index in [2.05, 4.69) is 19.9 Å². The molecule has 0 spiro atoms. The Kier molecular flexibility index (Phi) is 7.15. The van der Waals surface area contributed by atoms with Gasteiger partial charge in [0.2, 0.25) is 0 Å². The third-order valence-corrected chi connectivity index (χ3v) is 9.83. The molecule has 41 heavy (non-hydrogen) atoms. The van der Waals surface area contributed by atoms with Crippen molar-refractivity contribution < 1.29 is 23.2 Å². The molecule has 12 heteroatoms. The van der Waals surface area contributed by atoms with Gasteiger partial charge in [-0.2, -0.15) is 0 Å². The number of benzene rings is 2.